The molecule has 0 saturated heterocycles. The molecule has 0 aliphatic heterocycles. The third-order valence-electron chi connectivity index (χ3n) is 2.50. The molecule has 0 spiro atoms. The van der Waals surface area contributed by atoms with E-state index in [1.165, 1.54) is 19.3 Å². The van der Waals surface area contributed by atoms with Gasteiger partial charge in [0.05, 0.1) is 13.2 Å². The molecule has 1 N–H and O–H groups in total. The molecule has 17 heavy (non-hydrogen) atoms. The summed E-state index contributed by atoms with van der Waals surface area (Å²) in [6.07, 6.45) is 9.00. The highest BCUT2D eigenvalue weighted by Crippen LogP contribution is 2.43. The van der Waals surface area contributed by atoms with Crippen molar-refractivity contribution in [3.05, 3.63) is 0 Å². The number of rotatable bonds is 12. The molecule has 0 aromatic carbocycles. The molecule has 0 aromatic heterocycles. The summed E-state index contributed by atoms with van der Waals surface area (Å²) in [6.45, 7) is 2.39. The van der Waals surface area contributed by atoms with Gasteiger partial charge in [-0.05, 0) is 24.6 Å². The minimum absolute atomic E-state index is 0.511. The third-order valence-corrected chi connectivity index (χ3v) is 4.15. The topological polar surface area (TPSA) is 38.7 Å². The molecular weight excluding hydrogens is 255 g/mol. The van der Waals surface area contributed by atoms with Crippen LogP contribution >= 0.6 is 6.72 Å². The van der Waals surface area contributed by atoms with E-state index in [0.717, 1.165) is 32.1 Å². The minimum atomic E-state index is -2.95. The highest BCUT2D eigenvalue weighted by Gasteiger charge is 2.13. The lowest BCUT2D eigenvalue weighted by molar-refractivity contribution is 0.191. The van der Waals surface area contributed by atoms with E-state index in [1.54, 1.807) is 0 Å². The molecule has 0 heterocycles. The molecule has 0 bridgehead atoms. The second-order valence-corrected chi connectivity index (χ2v) is 7.09. The van der Waals surface area contributed by atoms with Crippen molar-refractivity contribution in [1.82, 2.24) is 0 Å². The first-order chi connectivity index (χ1) is 8.12. The standard InChI is InChI=1S/C12H27O3PS/c1-3-5-7-8-10-12-15-16(13,17)14-11-9-6-4-2/h3-12H2,1-2H3,(H,13,17). The maximum atomic E-state index is 9.70. The summed E-state index contributed by atoms with van der Waals surface area (Å²) >= 11 is 4.92. The van der Waals surface area contributed by atoms with Crippen LogP contribution in [0.3, 0.4) is 0 Å². The van der Waals surface area contributed by atoms with Gasteiger partial charge in [0.25, 0.3) is 0 Å². The van der Waals surface area contributed by atoms with E-state index in [0.29, 0.717) is 13.2 Å². The fourth-order valence-corrected chi connectivity index (χ4v) is 2.70. The molecule has 0 aromatic rings. The fourth-order valence-electron chi connectivity index (χ4n) is 1.45. The minimum Gasteiger partial charge on any atom is -0.324 e. The highest BCUT2D eigenvalue weighted by molar-refractivity contribution is 8.07. The van der Waals surface area contributed by atoms with Crippen LogP contribution in [-0.2, 0) is 20.9 Å². The van der Waals surface area contributed by atoms with E-state index in [-0.39, 0.29) is 0 Å². The van der Waals surface area contributed by atoms with Crippen molar-refractivity contribution in [3.8, 4) is 0 Å². The van der Waals surface area contributed by atoms with Crippen molar-refractivity contribution in [2.75, 3.05) is 13.2 Å². The van der Waals surface area contributed by atoms with Crippen LogP contribution in [0.1, 0.15) is 65.2 Å². The molecule has 0 saturated carbocycles. The molecule has 5 heteroatoms. The maximum Gasteiger partial charge on any atom is 0.324 e. The van der Waals surface area contributed by atoms with Gasteiger partial charge in [-0.1, -0.05) is 52.4 Å². The van der Waals surface area contributed by atoms with E-state index in [1.807, 2.05) is 0 Å². The van der Waals surface area contributed by atoms with Gasteiger partial charge in [0.1, 0.15) is 0 Å². The lowest BCUT2D eigenvalue weighted by Gasteiger charge is -2.15. The summed E-state index contributed by atoms with van der Waals surface area (Å²) in [5, 5.41) is 0. The summed E-state index contributed by atoms with van der Waals surface area (Å²) in [7, 11) is 0. The Labute approximate surface area is 111 Å². The van der Waals surface area contributed by atoms with Crippen LogP contribution in [0.4, 0.5) is 0 Å². The first-order valence-electron chi connectivity index (χ1n) is 6.74. The average molecular weight is 282 g/mol. The van der Waals surface area contributed by atoms with E-state index < -0.39 is 6.72 Å². The van der Waals surface area contributed by atoms with Gasteiger partial charge in [-0.2, -0.15) is 0 Å². The summed E-state index contributed by atoms with van der Waals surface area (Å²) in [5.74, 6) is 0. The van der Waals surface area contributed by atoms with Crippen molar-refractivity contribution < 1.29 is 13.9 Å². The van der Waals surface area contributed by atoms with E-state index in [2.05, 4.69) is 13.8 Å². The molecule has 0 radical (unpaired) electrons. The van der Waals surface area contributed by atoms with Crippen LogP contribution < -0.4 is 0 Å². The Hall–Kier alpha value is 0.530. The normalized spacial score (nSPS) is 14.8. The second-order valence-electron chi connectivity index (χ2n) is 4.26. The smallest absolute Gasteiger partial charge is 0.324 e. The summed E-state index contributed by atoms with van der Waals surface area (Å²) in [6, 6.07) is 0. The second kappa shape index (κ2) is 11.6. The van der Waals surface area contributed by atoms with Gasteiger partial charge in [0, 0.05) is 0 Å². The maximum absolute atomic E-state index is 9.70. The van der Waals surface area contributed by atoms with Gasteiger partial charge in [-0.15, -0.1) is 0 Å². The largest absolute Gasteiger partial charge is 0.324 e. The van der Waals surface area contributed by atoms with Gasteiger partial charge < -0.3 is 13.9 Å². The molecule has 0 fully saturated rings. The zero-order chi connectivity index (χ0) is 13.0. The molecule has 0 aliphatic carbocycles. The van der Waals surface area contributed by atoms with Gasteiger partial charge >= 0.3 is 6.72 Å². The zero-order valence-corrected chi connectivity index (χ0v) is 12.9. The van der Waals surface area contributed by atoms with E-state index in [4.69, 9.17) is 20.9 Å². The van der Waals surface area contributed by atoms with Crippen LogP contribution in [0.5, 0.6) is 0 Å². The fraction of sp³-hybridized carbons (Fsp3) is 1.00. The summed E-state index contributed by atoms with van der Waals surface area (Å²) < 4.78 is 10.5. The molecule has 1 unspecified atom stereocenters. The quantitative estimate of drug-likeness (QED) is 0.425. The van der Waals surface area contributed by atoms with Gasteiger partial charge in [0.2, 0.25) is 0 Å². The van der Waals surface area contributed by atoms with Crippen LogP contribution in [0, 0.1) is 0 Å². The van der Waals surface area contributed by atoms with Crippen molar-refractivity contribution in [2.45, 2.75) is 65.2 Å². The monoisotopic (exact) mass is 282 g/mol. The van der Waals surface area contributed by atoms with Gasteiger partial charge in [-0.3, -0.25) is 0 Å². The van der Waals surface area contributed by atoms with Crippen molar-refractivity contribution in [2.24, 2.45) is 0 Å². The van der Waals surface area contributed by atoms with Crippen molar-refractivity contribution in [1.29, 1.82) is 0 Å². The number of hydrogen-bond donors (Lipinski definition) is 1. The Kier molecular flexibility index (Phi) is 12.0. The Morgan fingerprint density at radius 1 is 0.824 bits per heavy atom. The van der Waals surface area contributed by atoms with Crippen LogP contribution in [0.25, 0.3) is 0 Å². The highest BCUT2D eigenvalue weighted by atomic mass is 32.5. The predicted molar refractivity (Wildman–Crippen MR) is 76.7 cm³/mol. The first kappa shape index (κ1) is 17.5. The Morgan fingerprint density at radius 3 is 1.76 bits per heavy atom. The lowest BCUT2D eigenvalue weighted by Crippen LogP contribution is -1.98. The molecule has 0 aliphatic rings. The molecule has 3 nitrogen and oxygen atoms in total. The van der Waals surface area contributed by atoms with Gasteiger partial charge in [-0.25, -0.2) is 0 Å². The Bertz CT molecular complexity index is 212. The van der Waals surface area contributed by atoms with Gasteiger partial charge in [0.15, 0.2) is 0 Å². The Morgan fingerprint density at radius 2 is 1.24 bits per heavy atom. The van der Waals surface area contributed by atoms with E-state index >= 15 is 0 Å². The molecule has 104 valence electrons. The SMILES string of the molecule is CCCCCCCOP(O)(=S)OCCCCC. The number of unbranched alkanes of at least 4 members (excludes halogenated alkanes) is 6. The molecule has 0 rings (SSSR count). The summed E-state index contributed by atoms with van der Waals surface area (Å²) in [5.41, 5.74) is 0. The van der Waals surface area contributed by atoms with Crippen LogP contribution in [-0.4, -0.2) is 18.1 Å². The molecular formula is C12H27O3PS. The van der Waals surface area contributed by atoms with E-state index in [9.17, 15) is 4.89 Å². The average Bonchev–Trinajstić information content (AvgIpc) is 2.29. The lowest BCUT2D eigenvalue weighted by atomic mass is 10.2. The third kappa shape index (κ3) is 12.8. The predicted octanol–water partition coefficient (Wildman–Crippen LogP) is 4.40. The van der Waals surface area contributed by atoms with Crippen LogP contribution in [0.15, 0.2) is 0 Å². The summed E-state index contributed by atoms with van der Waals surface area (Å²) in [4.78, 5) is 9.70. The first-order valence-corrected chi connectivity index (χ1v) is 9.33. The van der Waals surface area contributed by atoms with Crippen molar-refractivity contribution >= 4 is 18.5 Å². The zero-order valence-electron chi connectivity index (χ0n) is 11.2. The molecule has 0 amide bonds. The molecule has 1 atom stereocenters. The van der Waals surface area contributed by atoms with Crippen LogP contribution in [0.2, 0.25) is 0 Å². The number of hydrogen-bond acceptors (Lipinski definition) is 3. The Balaban J connectivity index is 3.40. The van der Waals surface area contributed by atoms with Crippen molar-refractivity contribution in [3.63, 3.8) is 0 Å².